The van der Waals surface area contributed by atoms with E-state index < -0.39 is 23.3 Å². The minimum Gasteiger partial charge on any atom is -0.481 e. The van der Waals surface area contributed by atoms with Gasteiger partial charge in [0.1, 0.15) is 0 Å². The molecule has 0 radical (unpaired) electrons. The zero-order valence-corrected chi connectivity index (χ0v) is 9.12. The maximum Gasteiger partial charge on any atom is 0.312 e. The summed E-state index contributed by atoms with van der Waals surface area (Å²) in [5.41, 5.74) is -0.187. The third kappa shape index (κ3) is 1.56. The molecule has 1 saturated carbocycles. The predicted octanol–water partition coefficient (Wildman–Crippen LogP) is 1.85. The number of carbonyl (C=O) groups is 2. The molecule has 16 heavy (non-hydrogen) atoms. The number of allylic oxidation sites excluding steroid dienone is 2. The maximum absolute atomic E-state index is 11.2. The molecule has 1 rings (SSSR count). The van der Waals surface area contributed by atoms with Crippen molar-refractivity contribution in [1.82, 2.24) is 0 Å². The molecule has 0 saturated heterocycles. The van der Waals surface area contributed by atoms with Crippen LogP contribution in [0.3, 0.4) is 0 Å². The number of rotatable bonds is 2. The zero-order valence-electron chi connectivity index (χ0n) is 9.12. The lowest BCUT2D eigenvalue weighted by Crippen LogP contribution is -2.44. The van der Waals surface area contributed by atoms with Crippen LogP contribution in [-0.4, -0.2) is 22.2 Å². The fourth-order valence-corrected chi connectivity index (χ4v) is 2.06. The Kier molecular flexibility index (Phi) is 2.77. The molecule has 2 N–H and O–H groups in total. The lowest BCUT2D eigenvalue weighted by molar-refractivity contribution is -0.159. The number of aliphatic carboxylic acids is 2. The van der Waals surface area contributed by atoms with Crippen LogP contribution >= 0.6 is 0 Å². The van der Waals surface area contributed by atoms with Crippen LogP contribution < -0.4 is 0 Å². The lowest BCUT2D eigenvalue weighted by Gasteiger charge is -2.38. The van der Waals surface area contributed by atoms with Crippen molar-refractivity contribution in [2.24, 2.45) is 11.3 Å². The van der Waals surface area contributed by atoms with E-state index in [0.717, 1.165) is 0 Å². The monoisotopic (exact) mass is 222 g/mol. The number of carboxylic acids is 2. The van der Waals surface area contributed by atoms with Crippen LogP contribution in [0, 0.1) is 11.3 Å². The summed E-state index contributed by atoms with van der Waals surface area (Å²) in [6.45, 7) is 12.4. The third-order valence-electron chi connectivity index (χ3n) is 3.12. The highest BCUT2D eigenvalue weighted by Gasteiger charge is 2.51. The van der Waals surface area contributed by atoms with Gasteiger partial charge >= 0.3 is 11.9 Å². The smallest absolute Gasteiger partial charge is 0.312 e. The van der Waals surface area contributed by atoms with Crippen molar-refractivity contribution >= 4 is 11.9 Å². The molecule has 0 aliphatic heterocycles. The van der Waals surface area contributed by atoms with Crippen LogP contribution in [0.5, 0.6) is 0 Å². The normalized spacial score (nSPS) is 30.3. The Morgan fingerprint density at radius 2 is 1.81 bits per heavy atom. The van der Waals surface area contributed by atoms with Gasteiger partial charge in [-0.2, -0.15) is 0 Å². The van der Waals surface area contributed by atoms with Gasteiger partial charge in [-0.1, -0.05) is 19.7 Å². The molecule has 0 aromatic rings. The minimum atomic E-state index is -1.40. The van der Waals surface area contributed by atoms with E-state index in [4.69, 9.17) is 10.2 Å². The molecular weight excluding hydrogens is 208 g/mol. The van der Waals surface area contributed by atoms with Crippen LogP contribution in [0.4, 0.5) is 0 Å². The highest BCUT2D eigenvalue weighted by molar-refractivity contribution is 5.88. The second-order valence-electron chi connectivity index (χ2n) is 4.28. The Morgan fingerprint density at radius 3 is 2.19 bits per heavy atom. The lowest BCUT2D eigenvalue weighted by atomic mass is 9.62. The first kappa shape index (κ1) is 12.2. The molecule has 1 aliphatic carbocycles. The summed E-state index contributed by atoms with van der Waals surface area (Å²) in [6, 6.07) is 0. The van der Waals surface area contributed by atoms with Gasteiger partial charge in [-0.3, -0.25) is 9.59 Å². The molecule has 2 unspecified atom stereocenters. The standard InChI is InChI=1S/C12H14O4/c1-6-5-12(4,11(15)16)9(10(13)14)8(3)7(6)2/h9H,1-3,5H2,4H3,(H,13,14)(H,15,16). The second kappa shape index (κ2) is 3.63. The number of hydrogen-bond acceptors (Lipinski definition) is 2. The van der Waals surface area contributed by atoms with Gasteiger partial charge in [-0.05, 0) is 30.1 Å². The van der Waals surface area contributed by atoms with Crippen LogP contribution in [0.1, 0.15) is 13.3 Å². The average Bonchev–Trinajstić information content (AvgIpc) is 2.13. The minimum absolute atomic E-state index is 0.0805. The van der Waals surface area contributed by atoms with Gasteiger partial charge in [0.15, 0.2) is 0 Å². The Bertz CT molecular complexity index is 419. The van der Waals surface area contributed by atoms with Gasteiger partial charge in [-0.25, -0.2) is 0 Å². The van der Waals surface area contributed by atoms with Crippen LogP contribution in [-0.2, 0) is 9.59 Å². The first-order chi connectivity index (χ1) is 7.21. The molecule has 4 nitrogen and oxygen atoms in total. The Balaban J connectivity index is 3.32. The van der Waals surface area contributed by atoms with Crippen molar-refractivity contribution in [3.05, 3.63) is 36.5 Å². The fraction of sp³-hybridized carbons (Fsp3) is 0.333. The van der Waals surface area contributed by atoms with Gasteiger partial charge in [0.2, 0.25) is 0 Å². The van der Waals surface area contributed by atoms with Crippen molar-refractivity contribution in [3.8, 4) is 0 Å². The second-order valence-corrected chi connectivity index (χ2v) is 4.28. The molecule has 2 atom stereocenters. The van der Waals surface area contributed by atoms with Crippen molar-refractivity contribution < 1.29 is 19.8 Å². The molecular formula is C12H14O4. The number of hydrogen-bond donors (Lipinski definition) is 2. The van der Waals surface area contributed by atoms with E-state index in [1.807, 2.05) is 0 Å². The van der Waals surface area contributed by atoms with Crippen LogP contribution in [0.25, 0.3) is 0 Å². The maximum atomic E-state index is 11.2. The highest BCUT2D eigenvalue weighted by atomic mass is 16.4. The molecule has 0 heterocycles. The summed E-state index contributed by atoms with van der Waals surface area (Å²) in [5, 5.41) is 18.3. The van der Waals surface area contributed by atoms with Crippen LogP contribution in [0.2, 0.25) is 0 Å². The molecule has 0 amide bonds. The van der Waals surface area contributed by atoms with E-state index in [1.165, 1.54) is 6.92 Å². The highest BCUT2D eigenvalue weighted by Crippen LogP contribution is 2.47. The Hall–Kier alpha value is -1.84. The van der Waals surface area contributed by atoms with Gasteiger partial charge in [-0.15, -0.1) is 0 Å². The molecule has 0 aromatic heterocycles. The van der Waals surface area contributed by atoms with E-state index >= 15 is 0 Å². The zero-order chi connectivity index (χ0) is 12.7. The van der Waals surface area contributed by atoms with E-state index in [9.17, 15) is 9.59 Å². The van der Waals surface area contributed by atoms with Crippen molar-refractivity contribution in [1.29, 1.82) is 0 Å². The molecule has 0 aromatic carbocycles. The summed E-state index contributed by atoms with van der Waals surface area (Å²) in [5.74, 6) is -3.50. The quantitative estimate of drug-likeness (QED) is 0.747. The largest absolute Gasteiger partial charge is 0.481 e. The van der Waals surface area contributed by atoms with Gasteiger partial charge in [0.25, 0.3) is 0 Å². The third-order valence-corrected chi connectivity index (χ3v) is 3.12. The fourth-order valence-electron chi connectivity index (χ4n) is 2.06. The van der Waals surface area contributed by atoms with Crippen molar-refractivity contribution in [2.45, 2.75) is 13.3 Å². The Morgan fingerprint density at radius 1 is 1.31 bits per heavy atom. The summed E-state index contributed by atoms with van der Waals surface area (Å²) in [7, 11) is 0. The van der Waals surface area contributed by atoms with Crippen LogP contribution in [0.15, 0.2) is 36.5 Å². The summed E-state index contributed by atoms with van der Waals surface area (Å²) in [6.07, 6.45) is 0.0805. The van der Waals surface area contributed by atoms with E-state index in [1.54, 1.807) is 0 Å². The van der Waals surface area contributed by atoms with Gasteiger partial charge in [0.05, 0.1) is 11.3 Å². The summed E-state index contributed by atoms with van der Waals surface area (Å²) < 4.78 is 0. The first-order valence-electron chi connectivity index (χ1n) is 4.74. The van der Waals surface area contributed by atoms with E-state index in [0.29, 0.717) is 11.1 Å². The number of carboxylic acid groups (broad SMARTS) is 2. The van der Waals surface area contributed by atoms with E-state index in [-0.39, 0.29) is 12.0 Å². The molecule has 0 spiro atoms. The predicted molar refractivity (Wildman–Crippen MR) is 58.9 cm³/mol. The first-order valence-corrected chi connectivity index (χ1v) is 4.74. The van der Waals surface area contributed by atoms with Crippen molar-refractivity contribution in [2.75, 3.05) is 0 Å². The molecule has 1 aliphatic rings. The molecule has 4 heteroatoms. The molecule has 86 valence electrons. The van der Waals surface area contributed by atoms with Gasteiger partial charge < -0.3 is 10.2 Å². The molecule has 1 fully saturated rings. The Labute approximate surface area is 93.6 Å². The summed E-state index contributed by atoms with van der Waals surface area (Å²) in [4.78, 5) is 22.4. The van der Waals surface area contributed by atoms with E-state index in [2.05, 4.69) is 19.7 Å². The SMILES string of the molecule is C=C1CC(C)(C(=O)O)C(C(=O)O)C(=C)C1=C. The molecule has 0 bridgehead atoms. The van der Waals surface area contributed by atoms with Gasteiger partial charge in [0, 0.05) is 0 Å². The average molecular weight is 222 g/mol. The van der Waals surface area contributed by atoms with Crippen molar-refractivity contribution in [3.63, 3.8) is 0 Å². The topological polar surface area (TPSA) is 74.6 Å². The summed E-state index contributed by atoms with van der Waals surface area (Å²) >= 11 is 0.